The summed E-state index contributed by atoms with van der Waals surface area (Å²) >= 11 is 0. The number of benzene rings is 2. The molecule has 0 aliphatic carbocycles. The number of nitrogens with one attached hydrogen (secondary N) is 1. The number of carbonyl (C=O) groups is 1. The Labute approximate surface area is 159 Å². The maximum atomic E-state index is 13.0. The lowest BCUT2D eigenvalue weighted by molar-refractivity contribution is 0.0940. The highest BCUT2D eigenvalue weighted by Crippen LogP contribution is 2.18. The van der Waals surface area contributed by atoms with Crippen molar-refractivity contribution in [3.05, 3.63) is 71.0 Å². The van der Waals surface area contributed by atoms with Crippen LogP contribution in [-0.4, -0.2) is 31.7 Å². The fourth-order valence-electron chi connectivity index (χ4n) is 3.14. The predicted octanol–water partition coefficient (Wildman–Crippen LogP) is 3.24. The van der Waals surface area contributed by atoms with Crippen molar-refractivity contribution in [2.45, 2.75) is 31.6 Å². The second kappa shape index (κ2) is 8.19. The molecule has 1 aliphatic heterocycles. The Morgan fingerprint density at radius 3 is 2.26 bits per heavy atom. The van der Waals surface area contributed by atoms with Gasteiger partial charge in [-0.3, -0.25) is 4.79 Å². The van der Waals surface area contributed by atoms with E-state index in [0.29, 0.717) is 24.2 Å². The molecule has 0 bridgehead atoms. The summed E-state index contributed by atoms with van der Waals surface area (Å²) in [5.41, 5.74) is 1.91. The summed E-state index contributed by atoms with van der Waals surface area (Å²) in [6.45, 7) is 3.00. The van der Waals surface area contributed by atoms with Crippen LogP contribution in [0.4, 0.5) is 4.39 Å². The van der Waals surface area contributed by atoms with Gasteiger partial charge in [-0.2, -0.15) is 0 Å². The fourth-order valence-corrected chi connectivity index (χ4v) is 4.75. The van der Waals surface area contributed by atoms with Crippen molar-refractivity contribution in [2.75, 3.05) is 13.1 Å². The van der Waals surface area contributed by atoms with Crippen LogP contribution in [0.2, 0.25) is 0 Å². The van der Waals surface area contributed by atoms with E-state index in [1.165, 1.54) is 16.4 Å². The van der Waals surface area contributed by atoms with E-state index in [1.54, 1.807) is 36.4 Å². The van der Waals surface area contributed by atoms with Gasteiger partial charge in [-0.05, 0) is 55.2 Å². The highest BCUT2D eigenvalue weighted by molar-refractivity contribution is 7.88. The normalized spacial score (nSPS) is 16.2. The average Bonchev–Trinajstić information content (AvgIpc) is 3.18. The SMILES string of the molecule is C[C@@H](NC(=O)c1ccc(CS(=O)(=O)N2CCCC2)cc1)c1ccc(F)cc1. The summed E-state index contributed by atoms with van der Waals surface area (Å²) in [7, 11) is -3.30. The zero-order valence-corrected chi connectivity index (χ0v) is 16.0. The summed E-state index contributed by atoms with van der Waals surface area (Å²) in [4.78, 5) is 12.4. The third kappa shape index (κ3) is 4.93. The smallest absolute Gasteiger partial charge is 0.251 e. The average molecular weight is 390 g/mol. The molecular weight excluding hydrogens is 367 g/mol. The molecule has 1 heterocycles. The maximum Gasteiger partial charge on any atom is 0.251 e. The third-order valence-corrected chi connectivity index (χ3v) is 6.59. The van der Waals surface area contributed by atoms with Crippen LogP contribution in [0.25, 0.3) is 0 Å². The summed E-state index contributed by atoms with van der Waals surface area (Å²) in [6, 6.07) is 12.3. The Balaban J connectivity index is 1.62. The summed E-state index contributed by atoms with van der Waals surface area (Å²) in [6.07, 6.45) is 1.81. The monoisotopic (exact) mass is 390 g/mol. The molecule has 1 fully saturated rings. The molecule has 0 saturated carbocycles. The first-order valence-corrected chi connectivity index (χ1v) is 10.6. The van der Waals surface area contributed by atoms with Gasteiger partial charge >= 0.3 is 0 Å². The van der Waals surface area contributed by atoms with E-state index in [4.69, 9.17) is 0 Å². The van der Waals surface area contributed by atoms with Crippen LogP contribution in [0.15, 0.2) is 48.5 Å². The fraction of sp³-hybridized carbons (Fsp3) is 0.350. The Morgan fingerprint density at radius 2 is 1.67 bits per heavy atom. The van der Waals surface area contributed by atoms with Gasteiger partial charge in [0.05, 0.1) is 11.8 Å². The van der Waals surface area contributed by atoms with Crippen molar-refractivity contribution in [2.24, 2.45) is 0 Å². The van der Waals surface area contributed by atoms with Gasteiger partial charge in [-0.15, -0.1) is 0 Å². The second-order valence-corrected chi connectivity index (χ2v) is 8.77. The van der Waals surface area contributed by atoms with Crippen LogP contribution in [0, 0.1) is 5.82 Å². The van der Waals surface area contributed by atoms with E-state index in [0.717, 1.165) is 18.4 Å². The van der Waals surface area contributed by atoms with E-state index in [-0.39, 0.29) is 23.5 Å². The Bertz CT molecular complexity index is 890. The van der Waals surface area contributed by atoms with Crippen molar-refractivity contribution in [3.8, 4) is 0 Å². The minimum atomic E-state index is -3.30. The maximum absolute atomic E-state index is 13.0. The van der Waals surface area contributed by atoms with Gasteiger partial charge in [0.1, 0.15) is 5.82 Å². The number of carbonyl (C=O) groups excluding carboxylic acids is 1. The zero-order valence-electron chi connectivity index (χ0n) is 15.2. The first-order valence-electron chi connectivity index (χ1n) is 8.98. The molecule has 0 spiro atoms. The van der Waals surface area contributed by atoms with Gasteiger partial charge in [-0.1, -0.05) is 24.3 Å². The summed E-state index contributed by atoms with van der Waals surface area (Å²) in [5.74, 6) is -0.640. The first kappa shape index (κ1) is 19.5. The molecule has 144 valence electrons. The lowest BCUT2D eigenvalue weighted by Gasteiger charge is -2.16. The van der Waals surface area contributed by atoms with Crippen LogP contribution in [0.1, 0.15) is 47.3 Å². The molecule has 0 radical (unpaired) electrons. The lowest BCUT2D eigenvalue weighted by Crippen LogP contribution is -2.29. The minimum absolute atomic E-state index is 0.0547. The molecule has 2 aromatic rings. The van der Waals surface area contributed by atoms with Crippen molar-refractivity contribution in [1.82, 2.24) is 9.62 Å². The molecule has 1 saturated heterocycles. The van der Waals surface area contributed by atoms with E-state index in [2.05, 4.69) is 5.32 Å². The molecule has 1 atom stereocenters. The molecule has 1 amide bonds. The zero-order chi connectivity index (χ0) is 19.4. The molecular formula is C20H23FN2O3S. The van der Waals surface area contributed by atoms with Crippen LogP contribution in [0.5, 0.6) is 0 Å². The number of amides is 1. The molecule has 5 nitrogen and oxygen atoms in total. The van der Waals surface area contributed by atoms with Crippen LogP contribution < -0.4 is 5.32 Å². The lowest BCUT2D eigenvalue weighted by atomic mass is 10.1. The van der Waals surface area contributed by atoms with Gasteiger partial charge < -0.3 is 5.32 Å². The summed E-state index contributed by atoms with van der Waals surface area (Å²) < 4.78 is 39.3. The van der Waals surface area contributed by atoms with Gasteiger partial charge in [0.15, 0.2) is 0 Å². The number of rotatable bonds is 6. The number of nitrogens with zero attached hydrogens (tertiary/aromatic N) is 1. The molecule has 27 heavy (non-hydrogen) atoms. The highest BCUT2D eigenvalue weighted by atomic mass is 32.2. The predicted molar refractivity (Wildman–Crippen MR) is 102 cm³/mol. The Kier molecular flexibility index (Phi) is 5.92. The van der Waals surface area contributed by atoms with E-state index < -0.39 is 10.0 Å². The molecule has 1 N–H and O–H groups in total. The van der Waals surface area contributed by atoms with Gasteiger partial charge in [0, 0.05) is 18.7 Å². The number of hydrogen-bond acceptors (Lipinski definition) is 3. The molecule has 7 heteroatoms. The number of sulfonamides is 1. The number of hydrogen-bond donors (Lipinski definition) is 1. The second-order valence-electron chi connectivity index (χ2n) is 6.81. The molecule has 2 aromatic carbocycles. The highest BCUT2D eigenvalue weighted by Gasteiger charge is 2.25. The van der Waals surface area contributed by atoms with Gasteiger partial charge in [-0.25, -0.2) is 17.1 Å². The van der Waals surface area contributed by atoms with Crippen molar-refractivity contribution in [1.29, 1.82) is 0 Å². The van der Waals surface area contributed by atoms with Crippen molar-refractivity contribution in [3.63, 3.8) is 0 Å². The standard InChI is InChI=1S/C20H23FN2O3S/c1-15(17-8-10-19(21)11-9-17)22-20(24)18-6-4-16(5-7-18)14-27(25,26)23-12-2-3-13-23/h4-11,15H,2-3,12-14H2,1H3,(H,22,24)/t15-/m1/s1. The molecule has 1 aliphatic rings. The molecule has 0 aromatic heterocycles. The van der Waals surface area contributed by atoms with E-state index in [1.807, 2.05) is 6.92 Å². The first-order chi connectivity index (χ1) is 12.8. The van der Waals surface area contributed by atoms with Gasteiger partial charge in [0.25, 0.3) is 5.91 Å². The topological polar surface area (TPSA) is 66.5 Å². The Morgan fingerprint density at radius 1 is 1.07 bits per heavy atom. The quantitative estimate of drug-likeness (QED) is 0.823. The molecule has 0 unspecified atom stereocenters. The van der Waals surface area contributed by atoms with Gasteiger partial charge in [0.2, 0.25) is 10.0 Å². The van der Waals surface area contributed by atoms with E-state index in [9.17, 15) is 17.6 Å². The van der Waals surface area contributed by atoms with Crippen molar-refractivity contribution >= 4 is 15.9 Å². The third-order valence-electron chi connectivity index (χ3n) is 4.74. The summed E-state index contributed by atoms with van der Waals surface area (Å²) in [5, 5.41) is 2.86. The van der Waals surface area contributed by atoms with Crippen molar-refractivity contribution < 1.29 is 17.6 Å². The van der Waals surface area contributed by atoms with E-state index >= 15 is 0 Å². The molecule has 3 rings (SSSR count). The largest absolute Gasteiger partial charge is 0.346 e. The van der Waals surface area contributed by atoms with Crippen LogP contribution >= 0.6 is 0 Å². The minimum Gasteiger partial charge on any atom is -0.346 e. The van der Waals surface area contributed by atoms with Crippen LogP contribution in [-0.2, 0) is 15.8 Å². The number of halogens is 1. The Hall–Kier alpha value is -2.25. The van der Waals surface area contributed by atoms with Crippen LogP contribution in [0.3, 0.4) is 0 Å².